The van der Waals surface area contributed by atoms with Gasteiger partial charge >= 0.3 is 0 Å². The fraction of sp³-hybridized carbons (Fsp3) is 0.500. The van der Waals surface area contributed by atoms with Gasteiger partial charge in [-0.2, -0.15) is 0 Å². The molecule has 1 aliphatic rings. The van der Waals surface area contributed by atoms with Crippen molar-refractivity contribution in [1.29, 1.82) is 0 Å². The third kappa shape index (κ3) is 6.19. The fourth-order valence-corrected chi connectivity index (χ4v) is 2.54. The van der Waals surface area contributed by atoms with E-state index in [1.165, 1.54) is 0 Å². The highest BCUT2D eigenvalue weighted by Crippen LogP contribution is 2.15. The van der Waals surface area contributed by atoms with Gasteiger partial charge in [0.05, 0.1) is 12.1 Å². The normalized spacial score (nSPS) is 14.5. The molecule has 1 aromatic rings. The fourth-order valence-electron chi connectivity index (χ4n) is 2.54. The van der Waals surface area contributed by atoms with Crippen molar-refractivity contribution in [3.05, 3.63) is 29.8 Å². The zero-order valence-electron chi connectivity index (χ0n) is 14.0. The number of rotatable bonds is 4. The molecular weight excluding hydrogens is 351 g/mol. The van der Waals surface area contributed by atoms with Crippen molar-refractivity contribution in [3.63, 3.8) is 0 Å². The number of anilines is 1. The minimum Gasteiger partial charge on any atom is -0.398 e. The number of carbonyl (C=O) groups excluding carboxylic acids is 2. The third-order valence-corrected chi connectivity index (χ3v) is 3.67. The molecule has 0 unspecified atom stereocenters. The monoisotopic (exact) mass is 376 g/mol. The lowest BCUT2D eigenvalue weighted by Gasteiger charge is -2.34. The van der Waals surface area contributed by atoms with Gasteiger partial charge in [0, 0.05) is 37.9 Å². The molecule has 0 spiro atoms. The molecule has 2 rings (SSSR count). The van der Waals surface area contributed by atoms with Crippen molar-refractivity contribution in [1.82, 2.24) is 15.1 Å². The minimum absolute atomic E-state index is 0. The van der Waals surface area contributed by atoms with E-state index in [4.69, 9.17) is 5.73 Å². The Balaban J connectivity index is 0.00000264. The third-order valence-electron chi connectivity index (χ3n) is 3.67. The molecule has 1 fully saturated rings. The van der Waals surface area contributed by atoms with Crippen LogP contribution < -0.4 is 11.1 Å². The molecule has 1 aromatic carbocycles. The summed E-state index contributed by atoms with van der Waals surface area (Å²) in [6.07, 6.45) is 0. The summed E-state index contributed by atoms with van der Waals surface area (Å²) in [4.78, 5) is 28.1. The van der Waals surface area contributed by atoms with E-state index in [0.29, 0.717) is 44.0 Å². The van der Waals surface area contributed by atoms with Crippen molar-refractivity contribution in [2.24, 2.45) is 0 Å². The first-order valence-electron chi connectivity index (χ1n) is 7.63. The summed E-state index contributed by atoms with van der Waals surface area (Å²) in [5.74, 6) is -0.00791. The van der Waals surface area contributed by atoms with Crippen LogP contribution in [0.4, 0.5) is 5.69 Å². The summed E-state index contributed by atoms with van der Waals surface area (Å²) in [5, 5.41) is 2.88. The van der Waals surface area contributed by atoms with Gasteiger partial charge in [-0.05, 0) is 26.0 Å². The number of hydrogen-bond donors (Lipinski definition) is 2. The molecule has 0 bridgehead atoms. The Bertz CT molecular complexity index is 547. The second kappa shape index (κ2) is 10.4. The molecule has 3 N–H and O–H groups in total. The van der Waals surface area contributed by atoms with Crippen LogP contribution in [0.25, 0.3) is 0 Å². The zero-order valence-corrected chi connectivity index (χ0v) is 15.7. The second-order valence-electron chi connectivity index (χ2n) is 5.88. The van der Waals surface area contributed by atoms with Crippen LogP contribution >= 0.6 is 24.8 Å². The summed E-state index contributed by atoms with van der Waals surface area (Å²) in [6.45, 7) is 6.89. The predicted octanol–water partition coefficient (Wildman–Crippen LogP) is 1.39. The number of nitrogens with zero attached hydrogens (tertiary/aromatic N) is 2. The van der Waals surface area contributed by atoms with E-state index in [1.807, 2.05) is 26.0 Å². The largest absolute Gasteiger partial charge is 0.398 e. The highest BCUT2D eigenvalue weighted by atomic mass is 35.5. The number of nitrogen functional groups attached to an aromatic ring is 1. The molecule has 1 aliphatic heterocycles. The number of benzene rings is 1. The van der Waals surface area contributed by atoms with E-state index in [9.17, 15) is 9.59 Å². The first-order valence-corrected chi connectivity index (χ1v) is 7.63. The second-order valence-corrected chi connectivity index (χ2v) is 5.88. The van der Waals surface area contributed by atoms with Crippen molar-refractivity contribution >= 4 is 42.3 Å². The molecule has 0 aliphatic carbocycles. The predicted molar refractivity (Wildman–Crippen MR) is 101 cm³/mol. The van der Waals surface area contributed by atoms with Crippen LogP contribution in [0, 0.1) is 0 Å². The number of para-hydroxylation sites is 1. The van der Waals surface area contributed by atoms with Crippen LogP contribution in [0.5, 0.6) is 0 Å². The van der Waals surface area contributed by atoms with Crippen LogP contribution in [0.15, 0.2) is 24.3 Å². The summed E-state index contributed by atoms with van der Waals surface area (Å²) in [7, 11) is 0. The van der Waals surface area contributed by atoms with E-state index in [2.05, 4.69) is 10.2 Å². The number of hydrogen-bond acceptors (Lipinski definition) is 4. The van der Waals surface area contributed by atoms with Crippen LogP contribution in [0.3, 0.4) is 0 Å². The standard InChI is InChI=1S/C16H24N4O2.2ClH/c1-12(2)18-15(21)11-19-7-9-20(10-8-19)16(22)13-5-3-4-6-14(13)17;;/h3-6,12H,7-11,17H2,1-2H3,(H,18,21);2*1H. The van der Waals surface area contributed by atoms with Gasteiger partial charge in [0.25, 0.3) is 5.91 Å². The number of piperazine rings is 1. The number of amides is 2. The van der Waals surface area contributed by atoms with Crippen molar-refractivity contribution < 1.29 is 9.59 Å². The molecule has 8 heteroatoms. The van der Waals surface area contributed by atoms with Crippen molar-refractivity contribution in [2.75, 3.05) is 38.5 Å². The lowest BCUT2D eigenvalue weighted by molar-refractivity contribution is -0.123. The molecule has 6 nitrogen and oxygen atoms in total. The van der Waals surface area contributed by atoms with Crippen molar-refractivity contribution in [2.45, 2.75) is 19.9 Å². The van der Waals surface area contributed by atoms with Gasteiger partial charge in [0.1, 0.15) is 0 Å². The molecule has 0 atom stereocenters. The Morgan fingerprint density at radius 2 is 1.71 bits per heavy atom. The summed E-state index contributed by atoms with van der Waals surface area (Å²) >= 11 is 0. The molecule has 0 radical (unpaired) electrons. The van der Waals surface area contributed by atoms with Gasteiger partial charge in [-0.1, -0.05) is 12.1 Å². The Labute approximate surface area is 155 Å². The maximum absolute atomic E-state index is 12.4. The van der Waals surface area contributed by atoms with Gasteiger partial charge in [0.15, 0.2) is 0 Å². The molecule has 0 saturated carbocycles. The Morgan fingerprint density at radius 1 is 1.12 bits per heavy atom. The molecule has 2 amide bonds. The summed E-state index contributed by atoms with van der Waals surface area (Å²) < 4.78 is 0. The molecular formula is C16H26Cl2N4O2. The smallest absolute Gasteiger partial charge is 0.256 e. The first kappa shape index (κ1) is 22.5. The molecule has 136 valence electrons. The van der Waals surface area contributed by atoms with E-state index < -0.39 is 0 Å². The number of nitrogens with one attached hydrogen (secondary N) is 1. The maximum Gasteiger partial charge on any atom is 0.256 e. The number of halogens is 2. The SMILES string of the molecule is CC(C)NC(=O)CN1CCN(C(=O)c2ccccc2N)CC1.Cl.Cl. The summed E-state index contributed by atoms with van der Waals surface area (Å²) in [5.41, 5.74) is 6.91. The quantitative estimate of drug-likeness (QED) is 0.778. The highest BCUT2D eigenvalue weighted by molar-refractivity contribution is 5.99. The minimum atomic E-state index is -0.0376. The zero-order chi connectivity index (χ0) is 16.1. The lowest BCUT2D eigenvalue weighted by atomic mass is 10.1. The molecule has 0 aromatic heterocycles. The van der Waals surface area contributed by atoms with Crippen LogP contribution in [0.2, 0.25) is 0 Å². The topological polar surface area (TPSA) is 78.7 Å². The van der Waals surface area contributed by atoms with Gasteiger partial charge in [-0.15, -0.1) is 24.8 Å². The van der Waals surface area contributed by atoms with E-state index in [1.54, 1.807) is 17.0 Å². The summed E-state index contributed by atoms with van der Waals surface area (Å²) in [6, 6.07) is 7.27. The van der Waals surface area contributed by atoms with E-state index in [0.717, 1.165) is 0 Å². The Hall–Kier alpha value is -1.50. The van der Waals surface area contributed by atoms with Gasteiger partial charge in [0.2, 0.25) is 5.91 Å². The van der Waals surface area contributed by atoms with Crippen molar-refractivity contribution in [3.8, 4) is 0 Å². The average molecular weight is 377 g/mol. The molecule has 24 heavy (non-hydrogen) atoms. The van der Waals surface area contributed by atoms with E-state index in [-0.39, 0.29) is 42.7 Å². The molecule has 1 saturated heterocycles. The number of carbonyl (C=O) groups is 2. The lowest BCUT2D eigenvalue weighted by Crippen LogP contribution is -2.51. The average Bonchev–Trinajstić information content (AvgIpc) is 2.47. The van der Waals surface area contributed by atoms with Crippen LogP contribution in [-0.2, 0) is 4.79 Å². The van der Waals surface area contributed by atoms with E-state index >= 15 is 0 Å². The maximum atomic E-state index is 12.4. The first-order chi connectivity index (χ1) is 10.5. The van der Waals surface area contributed by atoms with Gasteiger partial charge < -0.3 is 16.0 Å². The Morgan fingerprint density at radius 3 is 2.25 bits per heavy atom. The van der Waals surface area contributed by atoms with Gasteiger partial charge in [-0.25, -0.2) is 0 Å². The Kier molecular flexibility index (Phi) is 9.73. The van der Waals surface area contributed by atoms with Crippen LogP contribution in [0.1, 0.15) is 24.2 Å². The van der Waals surface area contributed by atoms with Gasteiger partial charge in [-0.3, -0.25) is 14.5 Å². The van der Waals surface area contributed by atoms with Crippen LogP contribution in [-0.4, -0.2) is 60.4 Å². The highest BCUT2D eigenvalue weighted by Gasteiger charge is 2.24. The molecule has 1 heterocycles. The number of nitrogens with two attached hydrogens (primary N) is 1.